The van der Waals surface area contributed by atoms with Crippen LogP contribution in [-0.2, 0) is 41.6 Å². The Bertz CT molecular complexity index is 1290. The molecule has 2 aromatic carbocycles. The third-order valence-corrected chi connectivity index (χ3v) is 6.64. The molecule has 0 fully saturated rings. The van der Waals surface area contributed by atoms with Crippen LogP contribution in [0.4, 0.5) is 0 Å². The van der Waals surface area contributed by atoms with Crippen LogP contribution in [0.5, 0.6) is 0 Å². The molecule has 0 unspecified atom stereocenters. The Hall–Kier alpha value is -4.78. The summed E-state index contributed by atoms with van der Waals surface area (Å²) in [5.41, 5.74) is 7.07. The Kier molecular flexibility index (Phi) is 14.0. The van der Waals surface area contributed by atoms with Crippen molar-refractivity contribution in [3.05, 3.63) is 71.8 Å². The fraction of sp³-hybridized carbons (Fsp3) is 0.419. The number of nitrogens with one attached hydrogen (secondary N) is 4. The van der Waals surface area contributed by atoms with Crippen molar-refractivity contribution in [2.75, 3.05) is 0 Å². The van der Waals surface area contributed by atoms with Gasteiger partial charge in [-0.3, -0.25) is 24.0 Å². The monoisotopic (exact) mass is 611 g/mol. The SMILES string of the molecule is CC(C)C[C@H](NC(=O)[C@@H](N)CC(=O)O)C(=O)N[C@@H](Cc1ccccc1)C(=O)N[C@@H](C)C(=O)N[C@@H](Cc1ccccc1)C(=O)O. The van der Waals surface area contributed by atoms with Crippen LogP contribution in [0, 0.1) is 5.92 Å². The summed E-state index contributed by atoms with van der Waals surface area (Å²) in [5, 5.41) is 28.7. The van der Waals surface area contributed by atoms with E-state index in [0.29, 0.717) is 11.1 Å². The maximum absolute atomic E-state index is 13.4. The second kappa shape index (κ2) is 17.4. The molecular weight excluding hydrogens is 570 g/mol. The molecule has 0 aliphatic heterocycles. The van der Waals surface area contributed by atoms with E-state index in [0.717, 1.165) is 0 Å². The Morgan fingerprint density at radius 1 is 0.636 bits per heavy atom. The molecule has 44 heavy (non-hydrogen) atoms. The Labute approximate surface area is 256 Å². The molecule has 0 radical (unpaired) electrons. The maximum atomic E-state index is 13.4. The summed E-state index contributed by atoms with van der Waals surface area (Å²) in [4.78, 5) is 75.0. The van der Waals surface area contributed by atoms with E-state index in [4.69, 9.17) is 10.8 Å². The molecule has 0 spiro atoms. The number of nitrogens with two attached hydrogens (primary N) is 1. The number of carboxylic acids is 2. The van der Waals surface area contributed by atoms with Crippen molar-refractivity contribution in [2.45, 2.75) is 76.7 Å². The number of rotatable bonds is 17. The van der Waals surface area contributed by atoms with Gasteiger partial charge in [0.15, 0.2) is 0 Å². The molecule has 4 amide bonds. The van der Waals surface area contributed by atoms with E-state index in [1.54, 1.807) is 60.7 Å². The van der Waals surface area contributed by atoms with Gasteiger partial charge in [0.05, 0.1) is 12.5 Å². The third kappa shape index (κ3) is 12.2. The fourth-order valence-corrected chi connectivity index (χ4v) is 4.32. The number of hydrogen-bond acceptors (Lipinski definition) is 7. The van der Waals surface area contributed by atoms with Crippen LogP contribution < -0.4 is 27.0 Å². The highest BCUT2D eigenvalue weighted by atomic mass is 16.4. The van der Waals surface area contributed by atoms with Crippen molar-refractivity contribution < 1.29 is 39.0 Å². The second-order valence-electron chi connectivity index (χ2n) is 11.0. The number of benzene rings is 2. The number of carbonyl (C=O) groups excluding carboxylic acids is 4. The molecule has 2 aromatic rings. The van der Waals surface area contributed by atoms with E-state index in [1.807, 2.05) is 13.8 Å². The second-order valence-corrected chi connectivity index (χ2v) is 11.0. The molecule has 13 nitrogen and oxygen atoms in total. The van der Waals surface area contributed by atoms with Gasteiger partial charge in [-0.05, 0) is 30.4 Å². The quantitative estimate of drug-likeness (QED) is 0.131. The van der Waals surface area contributed by atoms with E-state index in [1.165, 1.54) is 6.92 Å². The minimum Gasteiger partial charge on any atom is -0.481 e. The van der Waals surface area contributed by atoms with E-state index in [-0.39, 0.29) is 25.2 Å². The molecular formula is C31H41N5O8. The summed E-state index contributed by atoms with van der Waals surface area (Å²) < 4.78 is 0. The lowest BCUT2D eigenvalue weighted by Crippen LogP contribution is -2.58. The zero-order chi connectivity index (χ0) is 32.8. The molecule has 0 heterocycles. The van der Waals surface area contributed by atoms with Crippen molar-refractivity contribution >= 4 is 35.6 Å². The van der Waals surface area contributed by atoms with Gasteiger partial charge in [-0.1, -0.05) is 74.5 Å². The van der Waals surface area contributed by atoms with Crippen molar-refractivity contribution in [1.29, 1.82) is 0 Å². The molecule has 0 aliphatic carbocycles. The minimum atomic E-state index is -1.38. The molecule has 0 aliphatic rings. The first kappa shape index (κ1) is 35.4. The smallest absolute Gasteiger partial charge is 0.326 e. The first-order valence-corrected chi connectivity index (χ1v) is 14.3. The van der Waals surface area contributed by atoms with Gasteiger partial charge in [0.1, 0.15) is 24.2 Å². The van der Waals surface area contributed by atoms with Crippen LogP contribution >= 0.6 is 0 Å². The molecule has 0 saturated heterocycles. The van der Waals surface area contributed by atoms with Gasteiger partial charge in [0.25, 0.3) is 0 Å². The van der Waals surface area contributed by atoms with Gasteiger partial charge in [-0.25, -0.2) is 4.79 Å². The average Bonchev–Trinajstić information content (AvgIpc) is 2.96. The largest absolute Gasteiger partial charge is 0.481 e. The van der Waals surface area contributed by atoms with E-state index < -0.39 is 72.2 Å². The molecule has 238 valence electrons. The van der Waals surface area contributed by atoms with Gasteiger partial charge in [0.2, 0.25) is 23.6 Å². The molecule has 2 rings (SSSR count). The molecule has 0 bridgehead atoms. The van der Waals surface area contributed by atoms with Crippen LogP contribution in [0.25, 0.3) is 0 Å². The predicted octanol–water partition coefficient (Wildman–Crippen LogP) is 0.364. The number of amides is 4. The van der Waals surface area contributed by atoms with Crippen molar-refractivity contribution in [3.8, 4) is 0 Å². The summed E-state index contributed by atoms with van der Waals surface area (Å²) in [6.07, 6.45) is -0.378. The van der Waals surface area contributed by atoms with Gasteiger partial charge >= 0.3 is 11.9 Å². The van der Waals surface area contributed by atoms with Crippen LogP contribution in [0.15, 0.2) is 60.7 Å². The summed E-state index contributed by atoms with van der Waals surface area (Å²) in [7, 11) is 0. The number of carboxylic acid groups (broad SMARTS) is 2. The summed E-state index contributed by atoms with van der Waals surface area (Å²) >= 11 is 0. The van der Waals surface area contributed by atoms with Gasteiger partial charge < -0.3 is 37.2 Å². The highest BCUT2D eigenvalue weighted by Gasteiger charge is 2.31. The van der Waals surface area contributed by atoms with E-state index in [2.05, 4.69) is 21.3 Å². The van der Waals surface area contributed by atoms with Gasteiger partial charge in [0, 0.05) is 12.8 Å². The molecule has 13 heteroatoms. The molecule has 0 aromatic heterocycles. The molecule has 8 N–H and O–H groups in total. The molecule has 0 saturated carbocycles. The highest BCUT2D eigenvalue weighted by Crippen LogP contribution is 2.09. The van der Waals surface area contributed by atoms with Gasteiger partial charge in [-0.15, -0.1) is 0 Å². The van der Waals surface area contributed by atoms with Crippen molar-refractivity contribution in [1.82, 2.24) is 21.3 Å². The number of hydrogen-bond donors (Lipinski definition) is 7. The minimum absolute atomic E-state index is 0.0361. The topological polar surface area (TPSA) is 217 Å². The molecule has 5 atom stereocenters. The highest BCUT2D eigenvalue weighted by molar-refractivity contribution is 5.95. The Morgan fingerprint density at radius 3 is 1.57 bits per heavy atom. The lowest BCUT2D eigenvalue weighted by molar-refractivity contribution is -0.142. The zero-order valence-corrected chi connectivity index (χ0v) is 25.0. The Balaban J connectivity index is 2.18. The van der Waals surface area contributed by atoms with Crippen LogP contribution in [0.2, 0.25) is 0 Å². The van der Waals surface area contributed by atoms with Crippen molar-refractivity contribution in [3.63, 3.8) is 0 Å². The average molecular weight is 612 g/mol. The lowest BCUT2D eigenvalue weighted by atomic mass is 10.0. The standard InChI is InChI=1S/C31H41N5O8/c1-18(2)14-23(34-28(40)22(32)17-26(37)38)30(42)35-24(15-20-10-6-4-7-11-20)29(41)33-19(3)27(39)36-25(31(43)44)16-21-12-8-5-9-13-21/h4-13,18-19,22-25H,14-17,32H2,1-3H3,(H,33,41)(H,34,40)(H,35,42)(H,36,39)(H,37,38)(H,43,44)/t19-,22-,23-,24-,25-/m0/s1. The number of aliphatic carboxylic acids is 2. The summed E-state index contributed by atoms with van der Waals surface area (Å²) in [6.45, 7) is 5.03. The lowest BCUT2D eigenvalue weighted by Gasteiger charge is -2.26. The van der Waals surface area contributed by atoms with Gasteiger partial charge in [-0.2, -0.15) is 0 Å². The first-order valence-electron chi connectivity index (χ1n) is 14.3. The predicted molar refractivity (Wildman–Crippen MR) is 161 cm³/mol. The van der Waals surface area contributed by atoms with Crippen LogP contribution in [0.3, 0.4) is 0 Å². The Morgan fingerprint density at radius 2 is 1.09 bits per heavy atom. The van der Waals surface area contributed by atoms with E-state index >= 15 is 0 Å². The summed E-state index contributed by atoms with van der Waals surface area (Å²) in [5.74, 6) is -5.55. The summed E-state index contributed by atoms with van der Waals surface area (Å²) in [6, 6.07) is 11.5. The van der Waals surface area contributed by atoms with E-state index in [9.17, 15) is 33.9 Å². The van der Waals surface area contributed by atoms with Crippen molar-refractivity contribution in [2.24, 2.45) is 11.7 Å². The first-order chi connectivity index (χ1) is 20.8. The fourth-order valence-electron chi connectivity index (χ4n) is 4.32. The third-order valence-electron chi connectivity index (χ3n) is 6.64. The number of carbonyl (C=O) groups is 6. The normalized spacial score (nSPS) is 14.3. The maximum Gasteiger partial charge on any atom is 0.326 e. The van der Waals surface area contributed by atoms with Crippen LogP contribution in [0.1, 0.15) is 44.7 Å². The zero-order valence-electron chi connectivity index (χ0n) is 25.0. The van der Waals surface area contributed by atoms with Crippen LogP contribution in [-0.4, -0.2) is 76.0 Å².